The summed E-state index contributed by atoms with van der Waals surface area (Å²) in [4.78, 5) is 6.23. The zero-order chi connectivity index (χ0) is 12.1. The molecule has 1 heterocycles. The zero-order valence-electron chi connectivity index (χ0n) is 9.50. The van der Waals surface area contributed by atoms with Crippen LogP contribution in [0.4, 0.5) is 0 Å². The monoisotopic (exact) mass is 262 g/mol. The number of aromatic nitrogens is 1. The maximum absolute atomic E-state index is 8.91. The number of aliphatic hydroxyl groups is 1. The fourth-order valence-corrected chi connectivity index (χ4v) is 2.13. The van der Waals surface area contributed by atoms with Crippen molar-refractivity contribution in [3.8, 4) is 0 Å². The van der Waals surface area contributed by atoms with E-state index in [0.29, 0.717) is 23.3 Å². The molecule has 1 aromatic rings. The van der Waals surface area contributed by atoms with Gasteiger partial charge in [0.1, 0.15) is 5.15 Å². The Labute approximate surface area is 106 Å². The van der Waals surface area contributed by atoms with E-state index in [1.807, 2.05) is 13.8 Å². The van der Waals surface area contributed by atoms with Crippen LogP contribution in [0, 0.1) is 6.92 Å². The maximum atomic E-state index is 8.91. The Bertz CT molecular complexity index is 335. The molecular formula is C11H16Cl2N2O. The number of hydrogen-bond donors (Lipinski definition) is 1. The van der Waals surface area contributed by atoms with Crippen molar-refractivity contribution >= 4 is 23.2 Å². The van der Waals surface area contributed by atoms with Crippen molar-refractivity contribution in [3.63, 3.8) is 0 Å². The normalized spacial score (nSPS) is 11.1. The molecule has 3 nitrogen and oxygen atoms in total. The largest absolute Gasteiger partial charge is 0.395 e. The minimum Gasteiger partial charge on any atom is -0.395 e. The maximum Gasteiger partial charge on any atom is 0.135 e. The Hall–Kier alpha value is -0.350. The summed E-state index contributed by atoms with van der Waals surface area (Å²) in [5, 5.41) is 9.98. The molecule has 0 spiro atoms. The molecule has 0 aliphatic carbocycles. The highest BCUT2D eigenvalue weighted by atomic mass is 35.5. The van der Waals surface area contributed by atoms with Crippen molar-refractivity contribution in [2.45, 2.75) is 20.4 Å². The van der Waals surface area contributed by atoms with Crippen LogP contribution in [0.5, 0.6) is 0 Å². The molecule has 0 amide bonds. The summed E-state index contributed by atoms with van der Waals surface area (Å²) in [5.41, 5.74) is 1.63. The topological polar surface area (TPSA) is 36.4 Å². The minimum absolute atomic E-state index is 0.127. The molecule has 1 aromatic heterocycles. The van der Waals surface area contributed by atoms with Crippen molar-refractivity contribution in [3.05, 3.63) is 27.5 Å². The fraction of sp³-hybridized carbons (Fsp3) is 0.545. The second-order valence-electron chi connectivity index (χ2n) is 3.61. The Morgan fingerprint density at radius 2 is 2.12 bits per heavy atom. The number of hydrogen-bond acceptors (Lipinski definition) is 3. The minimum atomic E-state index is 0.127. The second kappa shape index (κ2) is 6.40. The van der Waals surface area contributed by atoms with Gasteiger partial charge in [0.2, 0.25) is 0 Å². The van der Waals surface area contributed by atoms with E-state index in [4.69, 9.17) is 28.3 Å². The van der Waals surface area contributed by atoms with Gasteiger partial charge in [-0.05, 0) is 19.5 Å². The highest BCUT2D eigenvalue weighted by Crippen LogP contribution is 2.25. The number of rotatable bonds is 5. The summed E-state index contributed by atoms with van der Waals surface area (Å²) in [6, 6.07) is 1.80. The molecule has 0 unspecified atom stereocenters. The zero-order valence-corrected chi connectivity index (χ0v) is 11.0. The van der Waals surface area contributed by atoms with E-state index in [9.17, 15) is 0 Å². The quantitative estimate of drug-likeness (QED) is 0.829. The van der Waals surface area contributed by atoms with Crippen LogP contribution in [0.1, 0.15) is 18.2 Å². The van der Waals surface area contributed by atoms with Gasteiger partial charge in [-0.15, -0.1) is 0 Å². The van der Waals surface area contributed by atoms with Gasteiger partial charge in [0, 0.05) is 29.4 Å². The molecule has 16 heavy (non-hydrogen) atoms. The van der Waals surface area contributed by atoms with Gasteiger partial charge in [-0.2, -0.15) is 0 Å². The van der Waals surface area contributed by atoms with Crippen LogP contribution in [-0.2, 0) is 6.54 Å². The number of likely N-dealkylation sites (N-methyl/N-ethyl adjacent to an activating group) is 1. The first kappa shape index (κ1) is 13.7. The number of aliphatic hydroxyl groups excluding tert-OH is 1. The van der Waals surface area contributed by atoms with Crippen LogP contribution in [0.15, 0.2) is 6.07 Å². The molecule has 0 aliphatic rings. The smallest absolute Gasteiger partial charge is 0.135 e. The first-order valence-electron chi connectivity index (χ1n) is 5.23. The van der Waals surface area contributed by atoms with Gasteiger partial charge < -0.3 is 5.11 Å². The standard InChI is InChI=1S/C11H16Cl2N2O/c1-3-15(4-5-16)7-9-10(12)6-8(2)14-11(9)13/h6,16H,3-5,7H2,1-2H3. The van der Waals surface area contributed by atoms with Gasteiger partial charge in [0.25, 0.3) is 0 Å². The molecule has 90 valence electrons. The van der Waals surface area contributed by atoms with Crippen molar-refractivity contribution in [1.29, 1.82) is 0 Å². The van der Waals surface area contributed by atoms with E-state index in [1.54, 1.807) is 6.07 Å². The molecule has 0 radical (unpaired) electrons. The van der Waals surface area contributed by atoms with Crippen LogP contribution < -0.4 is 0 Å². The molecule has 1 rings (SSSR count). The van der Waals surface area contributed by atoms with Gasteiger partial charge in [-0.1, -0.05) is 30.1 Å². The van der Waals surface area contributed by atoms with Gasteiger partial charge >= 0.3 is 0 Å². The van der Waals surface area contributed by atoms with E-state index in [1.165, 1.54) is 0 Å². The second-order valence-corrected chi connectivity index (χ2v) is 4.37. The lowest BCUT2D eigenvalue weighted by Crippen LogP contribution is -2.26. The summed E-state index contributed by atoms with van der Waals surface area (Å²) in [6.45, 7) is 6.06. The number of halogens is 2. The molecule has 0 saturated heterocycles. The third kappa shape index (κ3) is 3.59. The summed E-state index contributed by atoms with van der Waals surface area (Å²) >= 11 is 12.2. The predicted octanol–water partition coefficient (Wildman–Crippen LogP) is 2.51. The first-order valence-corrected chi connectivity index (χ1v) is 5.98. The lowest BCUT2D eigenvalue weighted by molar-refractivity contribution is 0.196. The number of pyridine rings is 1. The predicted molar refractivity (Wildman–Crippen MR) is 67.0 cm³/mol. The molecule has 0 atom stereocenters. The van der Waals surface area contributed by atoms with Gasteiger partial charge in [0.15, 0.2) is 0 Å². The van der Waals surface area contributed by atoms with E-state index in [-0.39, 0.29) is 6.61 Å². The molecule has 0 fully saturated rings. The third-order valence-corrected chi connectivity index (χ3v) is 3.04. The summed E-state index contributed by atoms with van der Waals surface area (Å²) in [6.07, 6.45) is 0. The Kier molecular flexibility index (Phi) is 5.49. The van der Waals surface area contributed by atoms with E-state index in [2.05, 4.69) is 9.88 Å². The van der Waals surface area contributed by atoms with Crippen molar-refractivity contribution < 1.29 is 5.11 Å². The SMILES string of the molecule is CCN(CCO)Cc1c(Cl)cc(C)nc1Cl. The van der Waals surface area contributed by atoms with Gasteiger partial charge in [-0.25, -0.2) is 4.98 Å². The lowest BCUT2D eigenvalue weighted by Gasteiger charge is -2.20. The first-order chi connectivity index (χ1) is 7.58. The molecular weight excluding hydrogens is 247 g/mol. The van der Waals surface area contributed by atoms with Crippen LogP contribution in [0.3, 0.4) is 0 Å². The average molecular weight is 263 g/mol. The fourth-order valence-electron chi connectivity index (χ4n) is 1.48. The highest BCUT2D eigenvalue weighted by molar-refractivity contribution is 6.35. The van der Waals surface area contributed by atoms with Crippen molar-refractivity contribution in [1.82, 2.24) is 9.88 Å². The van der Waals surface area contributed by atoms with Crippen molar-refractivity contribution in [2.24, 2.45) is 0 Å². The van der Waals surface area contributed by atoms with Gasteiger partial charge in [-0.3, -0.25) is 4.90 Å². The highest BCUT2D eigenvalue weighted by Gasteiger charge is 2.12. The van der Waals surface area contributed by atoms with Crippen LogP contribution in [0.25, 0.3) is 0 Å². The molecule has 1 N–H and O–H groups in total. The van der Waals surface area contributed by atoms with E-state index in [0.717, 1.165) is 17.8 Å². The number of aryl methyl sites for hydroxylation is 1. The Balaban J connectivity index is 2.87. The molecule has 0 bridgehead atoms. The van der Waals surface area contributed by atoms with E-state index >= 15 is 0 Å². The lowest BCUT2D eigenvalue weighted by atomic mass is 10.2. The third-order valence-electron chi connectivity index (χ3n) is 2.39. The summed E-state index contributed by atoms with van der Waals surface area (Å²) < 4.78 is 0. The van der Waals surface area contributed by atoms with E-state index < -0.39 is 0 Å². The van der Waals surface area contributed by atoms with Gasteiger partial charge in [0.05, 0.1) is 6.61 Å². The molecule has 0 aliphatic heterocycles. The molecule has 0 saturated carbocycles. The number of nitrogens with zero attached hydrogens (tertiary/aromatic N) is 2. The Morgan fingerprint density at radius 1 is 1.44 bits per heavy atom. The van der Waals surface area contributed by atoms with Crippen molar-refractivity contribution in [2.75, 3.05) is 19.7 Å². The van der Waals surface area contributed by atoms with Crippen LogP contribution in [0.2, 0.25) is 10.2 Å². The van der Waals surface area contributed by atoms with Crippen LogP contribution in [-0.4, -0.2) is 34.7 Å². The van der Waals surface area contributed by atoms with Crippen LogP contribution >= 0.6 is 23.2 Å². The summed E-state index contributed by atoms with van der Waals surface area (Å²) in [5.74, 6) is 0. The summed E-state index contributed by atoms with van der Waals surface area (Å²) in [7, 11) is 0. The molecule has 5 heteroatoms. The Morgan fingerprint density at radius 3 is 2.62 bits per heavy atom. The average Bonchev–Trinajstić information content (AvgIpc) is 2.21. The molecule has 0 aromatic carbocycles.